The van der Waals surface area contributed by atoms with Gasteiger partial charge in [0.1, 0.15) is 0 Å². The second-order valence-corrected chi connectivity index (χ2v) is 6.87. The lowest BCUT2D eigenvalue weighted by atomic mass is 10.1. The quantitative estimate of drug-likeness (QED) is 0.519. The highest BCUT2D eigenvalue weighted by atomic mass is 32.2. The van der Waals surface area contributed by atoms with Crippen molar-refractivity contribution in [2.75, 3.05) is 11.1 Å². The van der Waals surface area contributed by atoms with Crippen LogP contribution in [0.2, 0.25) is 0 Å². The molecule has 0 radical (unpaired) electrons. The van der Waals surface area contributed by atoms with E-state index in [1.54, 1.807) is 36.8 Å². The summed E-state index contributed by atoms with van der Waals surface area (Å²) in [5.41, 5.74) is 7.18. The van der Waals surface area contributed by atoms with Crippen molar-refractivity contribution in [2.24, 2.45) is 0 Å². The lowest BCUT2D eigenvalue weighted by molar-refractivity contribution is 0.102. The second-order valence-electron chi connectivity index (χ2n) is 4.95. The molecule has 1 atom stereocenters. The van der Waals surface area contributed by atoms with Crippen LogP contribution in [-0.4, -0.2) is 26.0 Å². The largest absolute Gasteiger partial charge is 0.398 e. The molecule has 7 nitrogen and oxygen atoms in total. The maximum atomic E-state index is 12.4. The average Bonchev–Trinajstić information content (AvgIpc) is 3.21. The molecule has 24 heavy (non-hydrogen) atoms. The molecule has 0 saturated heterocycles. The van der Waals surface area contributed by atoms with Crippen LogP contribution in [0.5, 0.6) is 0 Å². The number of hydrogen-bond donors (Lipinski definition) is 4. The van der Waals surface area contributed by atoms with Crippen LogP contribution in [-0.2, 0) is 0 Å². The van der Waals surface area contributed by atoms with E-state index in [9.17, 15) is 9.90 Å². The monoisotopic (exact) mass is 361 g/mol. The number of rotatable bonds is 5. The third-order valence-electron chi connectivity index (χ3n) is 3.13. The predicted molar refractivity (Wildman–Crippen MR) is 94.3 cm³/mol. The van der Waals surface area contributed by atoms with Gasteiger partial charge in [0, 0.05) is 28.4 Å². The van der Waals surface area contributed by atoms with Crippen molar-refractivity contribution < 1.29 is 9.90 Å². The van der Waals surface area contributed by atoms with Gasteiger partial charge < -0.3 is 15.8 Å². The van der Waals surface area contributed by atoms with Crippen LogP contribution in [0.1, 0.15) is 29.1 Å². The van der Waals surface area contributed by atoms with Crippen LogP contribution in [0.3, 0.4) is 0 Å². The van der Waals surface area contributed by atoms with Gasteiger partial charge in [-0.15, -0.1) is 11.3 Å². The summed E-state index contributed by atoms with van der Waals surface area (Å²) < 4.78 is 0. The maximum absolute atomic E-state index is 12.4. The predicted octanol–water partition coefficient (Wildman–Crippen LogP) is 2.91. The van der Waals surface area contributed by atoms with Gasteiger partial charge in [0.2, 0.25) is 0 Å². The van der Waals surface area contributed by atoms with Crippen molar-refractivity contribution >= 4 is 39.8 Å². The van der Waals surface area contributed by atoms with Crippen molar-refractivity contribution in [3.05, 3.63) is 47.2 Å². The number of aliphatic hydroxyl groups excluding tert-OH is 1. The van der Waals surface area contributed by atoms with E-state index in [0.29, 0.717) is 22.1 Å². The van der Waals surface area contributed by atoms with Crippen molar-refractivity contribution in [1.29, 1.82) is 0 Å². The van der Waals surface area contributed by atoms with E-state index < -0.39 is 6.10 Å². The number of benzene rings is 1. The number of aliphatic hydroxyl groups is 1. The first-order chi connectivity index (χ1) is 11.5. The molecule has 124 valence electrons. The smallest absolute Gasteiger partial charge is 0.259 e. The zero-order chi connectivity index (χ0) is 17.1. The Kier molecular flexibility index (Phi) is 4.84. The fourth-order valence-electron chi connectivity index (χ4n) is 1.91. The number of nitrogens with zero attached hydrogens (tertiary/aromatic N) is 2. The van der Waals surface area contributed by atoms with Crippen molar-refractivity contribution in [1.82, 2.24) is 15.0 Å². The number of amides is 1. The number of carbonyl (C=O) groups is 1. The summed E-state index contributed by atoms with van der Waals surface area (Å²) in [6, 6.07) is 5.22. The van der Waals surface area contributed by atoms with Gasteiger partial charge in [-0.05, 0) is 25.1 Å². The summed E-state index contributed by atoms with van der Waals surface area (Å²) in [6.07, 6.45) is 2.72. The fraction of sp³-hybridized carbons (Fsp3) is 0.133. The van der Waals surface area contributed by atoms with Crippen molar-refractivity contribution in [2.45, 2.75) is 23.1 Å². The molecule has 1 unspecified atom stereocenters. The third-order valence-corrected chi connectivity index (χ3v) is 4.81. The van der Waals surface area contributed by atoms with Gasteiger partial charge in [-0.3, -0.25) is 10.1 Å². The highest BCUT2D eigenvalue weighted by Crippen LogP contribution is 2.28. The SMILES string of the molecule is CC(O)c1csc(NC(=O)c2cc(Sc3ncc[nH]3)ccc2N)n1. The molecule has 9 heteroatoms. The summed E-state index contributed by atoms with van der Waals surface area (Å²) in [7, 11) is 0. The number of aromatic nitrogens is 3. The van der Waals surface area contributed by atoms with E-state index in [-0.39, 0.29) is 5.91 Å². The van der Waals surface area contributed by atoms with Crippen LogP contribution < -0.4 is 11.1 Å². The Morgan fingerprint density at radius 2 is 2.33 bits per heavy atom. The molecule has 0 bridgehead atoms. The highest BCUT2D eigenvalue weighted by molar-refractivity contribution is 7.99. The summed E-state index contributed by atoms with van der Waals surface area (Å²) in [5, 5.41) is 15.0. The number of carbonyl (C=O) groups excluding carboxylic acids is 1. The normalized spacial score (nSPS) is 12.1. The van der Waals surface area contributed by atoms with Crippen LogP contribution in [0.4, 0.5) is 10.8 Å². The summed E-state index contributed by atoms with van der Waals surface area (Å²) in [5.74, 6) is -0.346. The molecule has 5 N–H and O–H groups in total. The number of nitrogen functional groups attached to an aromatic ring is 1. The molecule has 0 fully saturated rings. The van der Waals surface area contributed by atoms with Gasteiger partial charge in [0.25, 0.3) is 5.91 Å². The number of nitrogens with one attached hydrogen (secondary N) is 2. The average molecular weight is 361 g/mol. The molecule has 0 saturated carbocycles. The Bertz CT molecular complexity index is 845. The molecular formula is C15H15N5O2S2. The maximum Gasteiger partial charge on any atom is 0.259 e. The molecule has 3 aromatic rings. The van der Waals surface area contributed by atoms with Gasteiger partial charge in [-0.25, -0.2) is 9.97 Å². The summed E-state index contributed by atoms with van der Waals surface area (Å²) in [6.45, 7) is 1.62. The topological polar surface area (TPSA) is 117 Å². The zero-order valence-electron chi connectivity index (χ0n) is 12.7. The fourth-order valence-corrected chi connectivity index (χ4v) is 3.48. The van der Waals surface area contributed by atoms with E-state index in [4.69, 9.17) is 5.73 Å². The molecule has 2 heterocycles. The first-order valence-electron chi connectivity index (χ1n) is 7.04. The third kappa shape index (κ3) is 3.75. The Morgan fingerprint density at radius 3 is 3.00 bits per heavy atom. The molecular weight excluding hydrogens is 346 g/mol. The number of anilines is 2. The first-order valence-corrected chi connectivity index (χ1v) is 8.74. The van der Waals surface area contributed by atoms with Gasteiger partial charge in [0.05, 0.1) is 17.4 Å². The molecule has 1 aromatic carbocycles. The van der Waals surface area contributed by atoms with Crippen LogP contribution >= 0.6 is 23.1 Å². The minimum absolute atomic E-state index is 0.346. The van der Waals surface area contributed by atoms with E-state index >= 15 is 0 Å². The minimum atomic E-state index is -0.676. The second kappa shape index (κ2) is 7.04. The van der Waals surface area contributed by atoms with E-state index in [1.165, 1.54) is 23.1 Å². The number of hydrogen-bond acceptors (Lipinski definition) is 7. The Balaban J connectivity index is 1.78. The first kappa shape index (κ1) is 16.5. The number of nitrogens with two attached hydrogens (primary N) is 1. The van der Waals surface area contributed by atoms with Crippen molar-refractivity contribution in [3.63, 3.8) is 0 Å². The van der Waals surface area contributed by atoms with E-state index in [2.05, 4.69) is 20.3 Å². The lowest BCUT2D eigenvalue weighted by Crippen LogP contribution is -2.14. The number of H-pyrrole nitrogens is 1. The number of imidazole rings is 1. The molecule has 2 aromatic heterocycles. The Morgan fingerprint density at radius 1 is 1.50 bits per heavy atom. The molecule has 1 amide bonds. The van der Waals surface area contributed by atoms with Gasteiger partial charge >= 0.3 is 0 Å². The molecule has 3 rings (SSSR count). The standard InChI is InChI=1S/C15H15N5O2S2/c1-8(21)12-7-23-15(19-12)20-13(22)10-6-9(2-3-11(10)16)24-14-17-4-5-18-14/h2-8,21H,16H2,1H3,(H,17,18)(H,19,20,22). The number of aromatic amines is 1. The minimum Gasteiger partial charge on any atom is -0.398 e. The van der Waals surface area contributed by atoms with Crippen LogP contribution in [0.15, 0.2) is 46.0 Å². The highest BCUT2D eigenvalue weighted by Gasteiger charge is 2.14. The summed E-state index contributed by atoms with van der Waals surface area (Å²) in [4.78, 5) is 24.6. The lowest BCUT2D eigenvalue weighted by Gasteiger charge is -2.07. The van der Waals surface area contributed by atoms with Gasteiger partial charge in [-0.2, -0.15) is 0 Å². The molecule has 0 aliphatic heterocycles. The number of thiazole rings is 1. The molecule has 0 aliphatic carbocycles. The van der Waals surface area contributed by atoms with Gasteiger partial charge in [0.15, 0.2) is 10.3 Å². The Hall–Kier alpha value is -2.36. The van der Waals surface area contributed by atoms with E-state index in [1.807, 2.05) is 6.07 Å². The zero-order valence-corrected chi connectivity index (χ0v) is 14.3. The van der Waals surface area contributed by atoms with E-state index in [0.717, 1.165) is 10.1 Å². The van der Waals surface area contributed by atoms with Crippen LogP contribution in [0, 0.1) is 0 Å². The Labute approximate surface area is 146 Å². The molecule has 0 aliphatic rings. The summed E-state index contributed by atoms with van der Waals surface area (Å²) >= 11 is 2.65. The van der Waals surface area contributed by atoms with Gasteiger partial charge in [-0.1, -0.05) is 11.8 Å². The molecule has 0 spiro atoms. The van der Waals surface area contributed by atoms with Crippen LogP contribution in [0.25, 0.3) is 0 Å². The van der Waals surface area contributed by atoms with Crippen molar-refractivity contribution in [3.8, 4) is 0 Å².